The van der Waals surface area contributed by atoms with Crippen LogP contribution in [-0.4, -0.2) is 16.7 Å². The molecule has 0 aliphatic rings. The monoisotopic (exact) mass is 336 g/mol. The van der Waals surface area contributed by atoms with Crippen molar-refractivity contribution in [2.45, 2.75) is 13.5 Å². The molecule has 1 amide bonds. The van der Waals surface area contributed by atoms with Gasteiger partial charge >= 0.3 is 5.63 Å². The highest BCUT2D eigenvalue weighted by molar-refractivity contribution is 6.02. The lowest BCUT2D eigenvalue weighted by molar-refractivity contribution is 0.0951. The van der Waals surface area contributed by atoms with Gasteiger partial charge in [-0.15, -0.1) is 0 Å². The molecule has 0 saturated carbocycles. The minimum atomic E-state index is -0.523. The van der Waals surface area contributed by atoms with E-state index in [2.05, 4.69) is 10.5 Å². The molecule has 0 spiro atoms. The molecule has 0 radical (unpaired) electrons. The van der Waals surface area contributed by atoms with E-state index in [1.54, 1.807) is 49.4 Å². The zero-order valence-corrected chi connectivity index (χ0v) is 13.5. The molecular formula is C19H16N2O4. The van der Waals surface area contributed by atoms with Crippen molar-refractivity contribution < 1.29 is 14.3 Å². The molecular weight excluding hydrogens is 320 g/mol. The van der Waals surface area contributed by atoms with Crippen LogP contribution in [0, 0.1) is 0 Å². The van der Waals surface area contributed by atoms with Gasteiger partial charge in [0.25, 0.3) is 5.91 Å². The molecule has 0 unspecified atom stereocenters. The summed E-state index contributed by atoms with van der Waals surface area (Å²) < 4.78 is 5.26. The van der Waals surface area contributed by atoms with Crippen molar-refractivity contribution in [2.75, 3.05) is 0 Å². The Bertz CT molecular complexity index is 1020. The Hall–Kier alpha value is -3.25. The summed E-state index contributed by atoms with van der Waals surface area (Å²) in [4.78, 5) is 24.3. The lowest BCUT2D eigenvalue weighted by Gasteiger charge is -2.06. The van der Waals surface area contributed by atoms with Gasteiger partial charge in [0, 0.05) is 10.9 Å². The molecule has 0 aliphatic heterocycles. The summed E-state index contributed by atoms with van der Waals surface area (Å²) in [7, 11) is 0. The van der Waals surface area contributed by atoms with E-state index in [1.165, 1.54) is 0 Å². The number of hydrogen-bond acceptors (Lipinski definition) is 5. The Kier molecular flexibility index (Phi) is 4.72. The predicted octanol–water partition coefficient (Wildman–Crippen LogP) is 2.44. The highest BCUT2D eigenvalue weighted by atomic mass is 16.4. The topological polar surface area (TPSA) is 91.9 Å². The van der Waals surface area contributed by atoms with Gasteiger partial charge < -0.3 is 9.52 Å². The van der Waals surface area contributed by atoms with Gasteiger partial charge in [-0.25, -0.2) is 10.2 Å². The molecule has 0 aliphatic carbocycles. The van der Waals surface area contributed by atoms with Crippen molar-refractivity contribution in [3.8, 4) is 0 Å². The number of aliphatic hydroxyl groups excluding tert-OH is 1. The average Bonchev–Trinajstić information content (AvgIpc) is 2.65. The van der Waals surface area contributed by atoms with Gasteiger partial charge in [0.05, 0.1) is 17.9 Å². The summed E-state index contributed by atoms with van der Waals surface area (Å²) in [5.41, 5.74) is 3.80. The third-order valence-electron chi connectivity index (χ3n) is 3.79. The first-order valence-electron chi connectivity index (χ1n) is 7.67. The first kappa shape index (κ1) is 16.6. The van der Waals surface area contributed by atoms with Crippen molar-refractivity contribution in [2.24, 2.45) is 5.10 Å². The molecule has 1 aromatic heterocycles. The van der Waals surface area contributed by atoms with Crippen LogP contribution in [0.3, 0.4) is 0 Å². The highest BCUT2D eigenvalue weighted by Gasteiger charge is 2.11. The largest absolute Gasteiger partial charge is 0.422 e. The Morgan fingerprint density at radius 3 is 2.64 bits per heavy atom. The number of carbonyl (C=O) groups excluding carboxylic acids is 1. The van der Waals surface area contributed by atoms with E-state index in [9.17, 15) is 14.7 Å². The van der Waals surface area contributed by atoms with Crippen LogP contribution < -0.4 is 11.1 Å². The first-order valence-corrected chi connectivity index (χ1v) is 7.67. The van der Waals surface area contributed by atoms with Gasteiger partial charge in [-0.2, -0.15) is 5.10 Å². The number of rotatable bonds is 4. The Balaban J connectivity index is 1.88. The number of aliphatic hydroxyl groups is 1. The van der Waals surface area contributed by atoms with E-state index in [-0.39, 0.29) is 12.2 Å². The zero-order chi connectivity index (χ0) is 17.8. The summed E-state index contributed by atoms with van der Waals surface area (Å²) >= 11 is 0. The van der Waals surface area contributed by atoms with Gasteiger partial charge in [-0.05, 0) is 30.7 Å². The Labute approximate surface area is 143 Å². The number of fused-ring (bicyclic) bond motifs is 1. The molecule has 0 bridgehead atoms. The summed E-state index contributed by atoms with van der Waals surface area (Å²) in [6.07, 6.45) is 0. The SMILES string of the molecule is CC(=NNC(=O)c1ccccc1CO)c1cc2ccccc2oc1=O. The molecule has 3 rings (SSSR count). The summed E-state index contributed by atoms with van der Waals surface area (Å²) in [5.74, 6) is -0.464. The van der Waals surface area contributed by atoms with Crippen molar-refractivity contribution >= 4 is 22.6 Å². The molecule has 3 aromatic rings. The van der Waals surface area contributed by atoms with E-state index < -0.39 is 11.5 Å². The molecule has 0 saturated heterocycles. The van der Waals surface area contributed by atoms with Crippen molar-refractivity contribution in [3.05, 3.63) is 81.7 Å². The molecule has 2 N–H and O–H groups in total. The number of hydrogen-bond donors (Lipinski definition) is 2. The molecule has 6 heteroatoms. The van der Waals surface area contributed by atoms with E-state index in [0.29, 0.717) is 22.4 Å². The second-order valence-corrected chi connectivity index (χ2v) is 5.44. The summed E-state index contributed by atoms with van der Waals surface area (Å²) in [5, 5.41) is 14.0. The van der Waals surface area contributed by atoms with E-state index in [0.717, 1.165) is 5.39 Å². The summed E-state index contributed by atoms with van der Waals surface area (Å²) in [6, 6.07) is 15.5. The average molecular weight is 336 g/mol. The molecule has 126 valence electrons. The minimum Gasteiger partial charge on any atom is -0.422 e. The van der Waals surface area contributed by atoms with E-state index in [4.69, 9.17) is 4.42 Å². The van der Waals surface area contributed by atoms with Gasteiger partial charge in [0.2, 0.25) is 0 Å². The number of carbonyl (C=O) groups is 1. The fourth-order valence-electron chi connectivity index (χ4n) is 2.45. The fraction of sp³-hybridized carbons (Fsp3) is 0.105. The maximum absolute atomic E-state index is 12.2. The third kappa shape index (κ3) is 3.49. The van der Waals surface area contributed by atoms with Crippen LogP contribution in [-0.2, 0) is 6.61 Å². The normalized spacial score (nSPS) is 11.5. The molecule has 0 fully saturated rings. The predicted molar refractivity (Wildman–Crippen MR) is 94.5 cm³/mol. The van der Waals surface area contributed by atoms with Gasteiger partial charge in [-0.3, -0.25) is 4.79 Å². The zero-order valence-electron chi connectivity index (χ0n) is 13.5. The molecule has 2 aromatic carbocycles. The smallest absolute Gasteiger partial charge is 0.345 e. The highest BCUT2D eigenvalue weighted by Crippen LogP contribution is 2.13. The van der Waals surface area contributed by atoms with Crippen LogP contribution in [0.2, 0.25) is 0 Å². The Morgan fingerprint density at radius 1 is 1.12 bits per heavy atom. The number of nitrogens with zero attached hydrogens (tertiary/aromatic N) is 1. The third-order valence-corrected chi connectivity index (χ3v) is 3.79. The second kappa shape index (κ2) is 7.11. The van der Waals surface area contributed by atoms with E-state index in [1.807, 2.05) is 12.1 Å². The molecule has 0 atom stereocenters. The van der Waals surface area contributed by atoms with Crippen LogP contribution in [0.4, 0.5) is 0 Å². The van der Waals surface area contributed by atoms with Crippen LogP contribution in [0.15, 0.2) is 68.9 Å². The van der Waals surface area contributed by atoms with Crippen molar-refractivity contribution in [3.63, 3.8) is 0 Å². The maximum atomic E-state index is 12.2. The molecule has 1 heterocycles. The molecule has 6 nitrogen and oxygen atoms in total. The van der Waals surface area contributed by atoms with Crippen LogP contribution in [0.5, 0.6) is 0 Å². The van der Waals surface area contributed by atoms with Crippen LogP contribution in [0.25, 0.3) is 11.0 Å². The number of hydrazone groups is 1. The number of para-hydroxylation sites is 1. The molecule has 25 heavy (non-hydrogen) atoms. The van der Waals surface area contributed by atoms with Crippen molar-refractivity contribution in [1.82, 2.24) is 5.43 Å². The van der Waals surface area contributed by atoms with Gasteiger partial charge in [-0.1, -0.05) is 36.4 Å². The first-order chi connectivity index (χ1) is 12.1. The maximum Gasteiger partial charge on any atom is 0.345 e. The fourth-order valence-corrected chi connectivity index (χ4v) is 2.45. The van der Waals surface area contributed by atoms with Crippen molar-refractivity contribution in [1.29, 1.82) is 0 Å². The lowest BCUT2D eigenvalue weighted by atomic mass is 10.1. The summed E-state index contributed by atoms with van der Waals surface area (Å²) in [6.45, 7) is 1.36. The van der Waals surface area contributed by atoms with Gasteiger partial charge in [0.1, 0.15) is 5.58 Å². The quantitative estimate of drug-likeness (QED) is 0.435. The number of amides is 1. The number of nitrogens with one attached hydrogen (secondary N) is 1. The van der Waals surface area contributed by atoms with Crippen LogP contribution >= 0.6 is 0 Å². The lowest BCUT2D eigenvalue weighted by Crippen LogP contribution is -2.22. The Morgan fingerprint density at radius 2 is 1.84 bits per heavy atom. The van der Waals surface area contributed by atoms with Gasteiger partial charge in [0.15, 0.2) is 0 Å². The second-order valence-electron chi connectivity index (χ2n) is 5.44. The number of benzene rings is 2. The standard InChI is InChI=1S/C19H16N2O4/c1-12(16-10-13-6-3-5-9-17(13)25-19(16)24)20-21-18(23)15-8-4-2-7-14(15)11-22/h2-10,22H,11H2,1H3,(H,21,23). The van der Waals surface area contributed by atoms with Crippen LogP contribution in [0.1, 0.15) is 28.4 Å². The minimum absolute atomic E-state index is 0.249. The van der Waals surface area contributed by atoms with E-state index >= 15 is 0 Å².